The molecule has 1 atom stereocenters. The van der Waals surface area contributed by atoms with Gasteiger partial charge in [-0.1, -0.05) is 29.8 Å². The van der Waals surface area contributed by atoms with E-state index in [4.69, 9.17) is 11.6 Å². The van der Waals surface area contributed by atoms with Gasteiger partial charge in [0.25, 0.3) is 5.91 Å². The zero-order chi connectivity index (χ0) is 14.8. The smallest absolute Gasteiger partial charge is 0.263 e. The van der Waals surface area contributed by atoms with Gasteiger partial charge in [0.15, 0.2) is 0 Å². The van der Waals surface area contributed by atoms with Crippen LogP contribution < -0.4 is 5.32 Å². The minimum absolute atomic E-state index is 0.167. The summed E-state index contributed by atoms with van der Waals surface area (Å²) in [5.41, 5.74) is 0.808. The molecule has 0 aliphatic heterocycles. The monoisotopic (exact) mass is 337 g/mol. The van der Waals surface area contributed by atoms with E-state index in [2.05, 4.69) is 5.32 Å². The highest BCUT2D eigenvalue weighted by molar-refractivity contribution is 7.21. The molecule has 3 aromatic rings. The first-order chi connectivity index (χ1) is 10.2. The lowest BCUT2D eigenvalue weighted by Gasteiger charge is -2.09. The van der Waals surface area contributed by atoms with E-state index >= 15 is 0 Å². The number of amides is 1. The van der Waals surface area contributed by atoms with E-state index in [0.29, 0.717) is 9.90 Å². The molecular formula is C15H12ClNO2S2. The molecule has 0 aliphatic carbocycles. The maximum absolute atomic E-state index is 12.2. The predicted octanol–water partition coefficient (Wildman–Crippen LogP) is 4.08. The Kier molecular flexibility index (Phi) is 4.26. The molecule has 0 aliphatic rings. The molecule has 6 heteroatoms. The lowest BCUT2D eigenvalue weighted by atomic mass is 10.2. The minimum atomic E-state index is -0.701. The fourth-order valence-corrected chi connectivity index (χ4v) is 4.15. The van der Waals surface area contributed by atoms with Crippen molar-refractivity contribution in [1.29, 1.82) is 0 Å². The van der Waals surface area contributed by atoms with Crippen LogP contribution in [0, 0.1) is 0 Å². The quantitative estimate of drug-likeness (QED) is 0.753. The summed E-state index contributed by atoms with van der Waals surface area (Å²) in [6.07, 6.45) is -0.701. The number of aliphatic hydroxyl groups excluding tert-OH is 1. The van der Waals surface area contributed by atoms with Gasteiger partial charge in [-0.25, -0.2) is 0 Å². The molecule has 0 fully saturated rings. The number of hydrogen-bond acceptors (Lipinski definition) is 4. The van der Waals surface area contributed by atoms with Crippen molar-refractivity contribution in [3.63, 3.8) is 0 Å². The number of aliphatic hydroxyl groups is 1. The number of nitrogens with one attached hydrogen (secondary N) is 1. The zero-order valence-electron chi connectivity index (χ0n) is 10.9. The van der Waals surface area contributed by atoms with Crippen LogP contribution in [0.2, 0.25) is 5.02 Å². The number of thiophene rings is 2. The topological polar surface area (TPSA) is 49.3 Å². The third-order valence-electron chi connectivity index (χ3n) is 3.13. The minimum Gasteiger partial charge on any atom is -0.387 e. The maximum atomic E-state index is 12.2. The van der Waals surface area contributed by atoms with Gasteiger partial charge in [0.2, 0.25) is 0 Å². The van der Waals surface area contributed by atoms with Crippen LogP contribution in [0.1, 0.15) is 21.3 Å². The molecule has 2 heterocycles. The van der Waals surface area contributed by atoms with Crippen LogP contribution >= 0.6 is 34.3 Å². The summed E-state index contributed by atoms with van der Waals surface area (Å²) >= 11 is 9.13. The lowest BCUT2D eigenvalue weighted by molar-refractivity contribution is 0.0921. The van der Waals surface area contributed by atoms with Crippen molar-refractivity contribution in [2.24, 2.45) is 0 Å². The molecule has 21 heavy (non-hydrogen) atoms. The zero-order valence-corrected chi connectivity index (χ0v) is 13.3. The molecule has 2 aromatic heterocycles. The largest absolute Gasteiger partial charge is 0.387 e. The van der Waals surface area contributed by atoms with Crippen molar-refractivity contribution in [2.45, 2.75) is 6.10 Å². The van der Waals surface area contributed by atoms with Crippen LogP contribution in [-0.4, -0.2) is 17.6 Å². The first-order valence-electron chi connectivity index (χ1n) is 6.32. The number of halogens is 1. The van der Waals surface area contributed by atoms with Gasteiger partial charge in [-0.2, -0.15) is 11.3 Å². The third-order valence-corrected chi connectivity index (χ3v) is 5.50. The van der Waals surface area contributed by atoms with Gasteiger partial charge in [0.05, 0.1) is 11.1 Å². The Morgan fingerprint density at radius 3 is 2.86 bits per heavy atom. The normalized spacial score (nSPS) is 12.5. The highest BCUT2D eigenvalue weighted by Crippen LogP contribution is 2.35. The average molecular weight is 338 g/mol. The standard InChI is InChI=1S/C15H12ClNO2S2/c16-13-10-3-1-2-4-12(10)21-14(13)15(19)17-7-11(18)9-5-6-20-8-9/h1-6,8,11,18H,7H2,(H,17,19). The highest BCUT2D eigenvalue weighted by atomic mass is 35.5. The summed E-state index contributed by atoms with van der Waals surface area (Å²) in [6, 6.07) is 9.47. The number of fused-ring (bicyclic) bond motifs is 1. The van der Waals surface area contributed by atoms with Crippen LogP contribution in [0.15, 0.2) is 41.1 Å². The Labute approximate surface area is 134 Å². The highest BCUT2D eigenvalue weighted by Gasteiger charge is 2.18. The second kappa shape index (κ2) is 6.15. The summed E-state index contributed by atoms with van der Waals surface area (Å²) in [5.74, 6) is -0.254. The van der Waals surface area contributed by atoms with Gasteiger partial charge < -0.3 is 10.4 Å². The molecule has 108 valence electrons. The van der Waals surface area contributed by atoms with Crippen molar-refractivity contribution >= 4 is 50.3 Å². The van der Waals surface area contributed by atoms with Crippen LogP contribution in [0.3, 0.4) is 0 Å². The van der Waals surface area contributed by atoms with Gasteiger partial charge in [0.1, 0.15) is 4.88 Å². The Bertz CT molecular complexity index is 767. The number of benzene rings is 1. The van der Waals surface area contributed by atoms with Crippen molar-refractivity contribution in [3.05, 3.63) is 56.6 Å². The second-order valence-electron chi connectivity index (χ2n) is 4.52. The van der Waals surface area contributed by atoms with E-state index in [1.54, 1.807) is 0 Å². The van der Waals surface area contributed by atoms with Crippen LogP contribution in [0.25, 0.3) is 10.1 Å². The number of hydrogen-bond donors (Lipinski definition) is 2. The first kappa shape index (κ1) is 14.5. The Hall–Kier alpha value is -1.40. The van der Waals surface area contributed by atoms with Crippen LogP contribution in [-0.2, 0) is 0 Å². The number of carbonyl (C=O) groups is 1. The van der Waals surface area contributed by atoms with Crippen molar-refractivity contribution in [2.75, 3.05) is 6.54 Å². The van der Waals surface area contributed by atoms with Crippen LogP contribution in [0.5, 0.6) is 0 Å². The molecule has 0 saturated heterocycles. The van der Waals surface area contributed by atoms with Crippen molar-refractivity contribution in [1.82, 2.24) is 5.32 Å². The Morgan fingerprint density at radius 1 is 1.33 bits per heavy atom. The molecule has 3 rings (SSSR count). The molecular weight excluding hydrogens is 326 g/mol. The van der Waals surface area contributed by atoms with E-state index in [-0.39, 0.29) is 12.5 Å². The van der Waals surface area contributed by atoms with Crippen LogP contribution in [0.4, 0.5) is 0 Å². The van der Waals surface area contributed by atoms with E-state index in [1.165, 1.54) is 22.7 Å². The van der Waals surface area contributed by atoms with E-state index in [0.717, 1.165) is 15.6 Å². The molecule has 0 saturated carbocycles. The fourth-order valence-electron chi connectivity index (χ4n) is 2.01. The van der Waals surface area contributed by atoms with E-state index in [1.807, 2.05) is 41.1 Å². The Balaban J connectivity index is 1.74. The van der Waals surface area contributed by atoms with Crippen molar-refractivity contribution in [3.8, 4) is 0 Å². The van der Waals surface area contributed by atoms with Crippen molar-refractivity contribution < 1.29 is 9.90 Å². The summed E-state index contributed by atoms with van der Waals surface area (Å²) in [5, 5.41) is 17.8. The van der Waals surface area contributed by atoms with Gasteiger partial charge in [0, 0.05) is 16.6 Å². The number of rotatable bonds is 4. The Morgan fingerprint density at radius 2 is 2.14 bits per heavy atom. The molecule has 1 unspecified atom stereocenters. The van der Waals surface area contributed by atoms with Gasteiger partial charge in [-0.3, -0.25) is 4.79 Å². The maximum Gasteiger partial charge on any atom is 0.263 e. The molecule has 3 nitrogen and oxygen atoms in total. The molecule has 1 aromatic carbocycles. The predicted molar refractivity (Wildman–Crippen MR) is 88.4 cm³/mol. The van der Waals surface area contributed by atoms with E-state index < -0.39 is 6.10 Å². The van der Waals surface area contributed by atoms with Gasteiger partial charge >= 0.3 is 0 Å². The second-order valence-corrected chi connectivity index (χ2v) is 6.73. The molecule has 1 amide bonds. The lowest BCUT2D eigenvalue weighted by Crippen LogP contribution is -2.27. The van der Waals surface area contributed by atoms with Gasteiger partial charge in [-0.15, -0.1) is 11.3 Å². The summed E-state index contributed by atoms with van der Waals surface area (Å²) in [7, 11) is 0. The molecule has 0 spiro atoms. The summed E-state index contributed by atoms with van der Waals surface area (Å²) in [6.45, 7) is 0.167. The van der Waals surface area contributed by atoms with Gasteiger partial charge in [-0.05, 0) is 28.5 Å². The van der Waals surface area contributed by atoms with E-state index in [9.17, 15) is 9.90 Å². The summed E-state index contributed by atoms with van der Waals surface area (Å²) in [4.78, 5) is 12.7. The molecule has 0 bridgehead atoms. The summed E-state index contributed by atoms with van der Waals surface area (Å²) < 4.78 is 0.978. The molecule has 0 radical (unpaired) electrons. The molecule has 2 N–H and O–H groups in total. The first-order valence-corrected chi connectivity index (χ1v) is 8.46. The fraction of sp³-hybridized carbons (Fsp3) is 0.133. The number of carbonyl (C=O) groups excluding carboxylic acids is 1. The SMILES string of the molecule is O=C(NCC(O)c1ccsc1)c1sc2ccccc2c1Cl. The third kappa shape index (κ3) is 2.96. The average Bonchev–Trinajstić information content (AvgIpc) is 3.13.